The molecule has 0 aliphatic heterocycles. The van der Waals surface area contributed by atoms with Gasteiger partial charge in [-0.15, -0.1) is 0 Å². The van der Waals surface area contributed by atoms with Crippen LogP contribution in [0.4, 0.5) is 5.82 Å². The van der Waals surface area contributed by atoms with Crippen LogP contribution in [0, 0.1) is 0 Å². The monoisotopic (exact) mass is 251 g/mol. The zero-order valence-corrected chi connectivity index (χ0v) is 10.5. The number of rotatable bonds is 4. The van der Waals surface area contributed by atoms with E-state index in [2.05, 4.69) is 39.1 Å². The molecule has 17 heavy (non-hydrogen) atoms. The van der Waals surface area contributed by atoms with Crippen LogP contribution >= 0.6 is 11.6 Å². The lowest BCUT2D eigenvalue weighted by Crippen LogP contribution is -2.07. The Balaban J connectivity index is 2.18. The lowest BCUT2D eigenvalue weighted by Gasteiger charge is -2.13. The minimum absolute atomic E-state index is 0.271. The summed E-state index contributed by atoms with van der Waals surface area (Å²) in [4.78, 5) is 15.2. The van der Waals surface area contributed by atoms with Crippen LogP contribution in [0.5, 0.6) is 0 Å². The van der Waals surface area contributed by atoms with Gasteiger partial charge in [-0.1, -0.05) is 25.4 Å². The highest BCUT2D eigenvalue weighted by molar-refractivity contribution is 6.30. The van der Waals surface area contributed by atoms with Crippen LogP contribution in [0.3, 0.4) is 0 Å². The van der Waals surface area contributed by atoms with E-state index >= 15 is 0 Å². The van der Waals surface area contributed by atoms with Gasteiger partial charge in [0, 0.05) is 11.8 Å². The lowest BCUT2D eigenvalue weighted by molar-refractivity contribution is 0.843. The molecule has 0 unspecified atom stereocenters. The highest BCUT2D eigenvalue weighted by Crippen LogP contribution is 2.27. The van der Waals surface area contributed by atoms with Crippen molar-refractivity contribution in [1.29, 1.82) is 0 Å². The number of aromatic nitrogens is 4. The van der Waals surface area contributed by atoms with Gasteiger partial charge in [0.05, 0.1) is 18.6 Å². The van der Waals surface area contributed by atoms with Crippen LogP contribution in [0.15, 0.2) is 18.9 Å². The Hall–Kier alpha value is -1.62. The van der Waals surface area contributed by atoms with Gasteiger partial charge in [-0.3, -0.25) is 0 Å². The van der Waals surface area contributed by atoms with E-state index < -0.39 is 0 Å². The summed E-state index contributed by atoms with van der Waals surface area (Å²) >= 11 is 6.07. The largest absolute Gasteiger partial charge is 0.364 e. The number of imidazole rings is 1. The fourth-order valence-electron chi connectivity index (χ4n) is 1.59. The first-order valence-corrected chi connectivity index (χ1v) is 5.77. The van der Waals surface area contributed by atoms with Gasteiger partial charge in [0.25, 0.3) is 0 Å². The Labute approximate surface area is 105 Å². The molecule has 0 aliphatic rings. The third kappa shape index (κ3) is 2.74. The van der Waals surface area contributed by atoms with Crippen molar-refractivity contribution in [3.63, 3.8) is 0 Å². The molecule has 0 fully saturated rings. The molecular formula is C11H14ClN5. The molecule has 6 heteroatoms. The third-order valence-corrected chi connectivity index (χ3v) is 2.71. The molecule has 0 saturated heterocycles. The van der Waals surface area contributed by atoms with Crippen LogP contribution in [0.2, 0.25) is 5.15 Å². The minimum Gasteiger partial charge on any atom is -0.364 e. The zero-order valence-electron chi connectivity index (χ0n) is 9.74. The van der Waals surface area contributed by atoms with Crippen molar-refractivity contribution < 1.29 is 0 Å². The second-order valence-electron chi connectivity index (χ2n) is 4.01. The molecule has 0 atom stereocenters. The number of H-pyrrole nitrogens is 1. The van der Waals surface area contributed by atoms with Crippen LogP contribution in [0.25, 0.3) is 0 Å². The molecule has 0 radical (unpaired) electrons. The standard InChI is InChI=1S/C11H14ClN5/c1-7(2)9-10(12)16-6-17-11(9)14-4-8-3-13-5-15-8/h3,5-7H,4H2,1-2H3,(H,13,15)(H,14,16,17). The summed E-state index contributed by atoms with van der Waals surface area (Å²) < 4.78 is 0. The molecular weight excluding hydrogens is 238 g/mol. The molecule has 2 heterocycles. The predicted molar refractivity (Wildman–Crippen MR) is 67.0 cm³/mol. The number of halogens is 1. The fraction of sp³-hybridized carbons (Fsp3) is 0.364. The normalized spacial score (nSPS) is 10.8. The first-order valence-electron chi connectivity index (χ1n) is 5.40. The van der Waals surface area contributed by atoms with Gasteiger partial charge >= 0.3 is 0 Å². The molecule has 2 aromatic rings. The maximum absolute atomic E-state index is 6.07. The summed E-state index contributed by atoms with van der Waals surface area (Å²) in [7, 11) is 0. The van der Waals surface area contributed by atoms with Crippen molar-refractivity contribution in [1.82, 2.24) is 19.9 Å². The lowest BCUT2D eigenvalue weighted by atomic mass is 10.1. The fourth-order valence-corrected chi connectivity index (χ4v) is 1.94. The zero-order chi connectivity index (χ0) is 12.3. The maximum Gasteiger partial charge on any atom is 0.138 e. The summed E-state index contributed by atoms with van der Waals surface area (Å²) in [6, 6.07) is 0. The van der Waals surface area contributed by atoms with E-state index in [1.807, 2.05) is 0 Å². The van der Waals surface area contributed by atoms with Crippen LogP contribution in [-0.2, 0) is 6.54 Å². The van der Waals surface area contributed by atoms with E-state index in [0.717, 1.165) is 17.1 Å². The van der Waals surface area contributed by atoms with Gasteiger partial charge < -0.3 is 10.3 Å². The quantitative estimate of drug-likeness (QED) is 0.820. The van der Waals surface area contributed by atoms with Crippen molar-refractivity contribution in [3.8, 4) is 0 Å². The highest BCUT2D eigenvalue weighted by atomic mass is 35.5. The average Bonchev–Trinajstić information content (AvgIpc) is 2.78. The number of hydrogen-bond donors (Lipinski definition) is 2. The molecule has 0 bridgehead atoms. The van der Waals surface area contributed by atoms with Crippen LogP contribution < -0.4 is 5.32 Å². The smallest absolute Gasteiger partial charge is 0.138 e. The summed E-state index contributed by atoms with van der Waals surface area (Å²) in [6.07, 6.45) is 4.88. The average molecular weight is 252 g/mol. The number of aromatic amines is 1. The molecule has 0 aliphatic carbocycles. The Kier molecular flexibility index (Phi) is 3.58. The van der Waals surface area contributed by atoms with Crippen molar-refractivity contribution in [2.75, 3.05) is 5.32 Å². The molecule has 0 amide bonds. The number of hydrogen-bond acceptors (Lipinski definition) is 4. The molecule has 0 spiro atoms. The topological polar surface area (TPSA) is 66.5 Å². The summed E-state index contributed by atoms with van der Waals surface area (Å²) in [5.74, 6) is 1.04. The van der Waals surface area contributed by atoms with E-state index in [0.29, 0.717) is 11.7 Å². The first kappa shape index (κ1) is 11.9. The highest BCUT2D eigenvalue weighted by Gasteiger charge is 2.13. The molecule has 0 saturated carbocycles. The van der Waals surface area contributed by atoms with Gasteiger partial charge in [0.2, 0.25) is 0 Å². The van der Waals surface area contributed by atoms with Crippen molar-refractivity contribution in [2.24, 2.45) is 0 Å². The Morgan fingerprint density at radius 2 is 2.24 bits per heavy atom. The molecule has 2 N–H and O–H groups in total. The summed E-state index contributed by atoms with van der Waals surface area (Å²) in [6.45, 7) is 4.75. The van der Waals surface area contributed by atoms with Crippen molar-refractivity contribution in [3.05, 3.63) is 35.3 Å². The molecule has 2 rings (SSSR count). The molecule has 5 nitrogen and oxygen atoms in total. The van der Waals surface area contributed by atoms with E-state index in [1.54, 1.807) is 12.5 Å². The van der Waals surface area contributed by atoms with E-state index in [-0.39, 0.29) is 5.92 Å². The van der Waals surface area contributed by atoms with Gasteiger partial charge in [0.15, 0.2) is 0 Å². The Morgan fingerprint density at radius 3 is 2.88 bits per heavy atom. The summed E-state index contributed by atoms with van der Waals surface area (Å²) in [5, 5.41) is 3.73. The van der Waals surface area contributed by atoms with Gasteiger partial charge in [-0.25, -0.2) is 15.0 Å². The van der Waals surface area contributed by atoms with Crippen molar-refractivity contribution in [2.45, 2.75) is 26.3 Å². The van der Waals surface area contributed by atoms with E-state index in [4.69, 9.17) is 11.6 Å². The Morgan fingerprint density at radius 1 is 1.41 bits per heavy atom. The molecule has 2 aromatic heterocycles. The predicted octanol–water partition coefficient (Wildman–Crippen LogP) is 2.59. The molecule has 0 aromatic carbocycles. The van der Waals surface area contributed by atoms with Crippen LogP contribution in [0.1, 0.15) is 31.0 Å². The number of anilines is 1. The molecule has 90 valence electrons. The minimum atomic E-state index is 0.271. The Bertz CT molecular complexity index is 481. The van der Waals surface area contributed by atoms with Crippen molar-refractivity contribution >= 4 is 17.4 Å². The second kappa shape index (κ2) is 5.14. The van der Waals surface area contributed by atoms with E-state index in [1.165, 1.54) is 6.33 Å². The van der Waals surface area contributed by atoms with Gasteiger partial charge in [-0.2, -0.15) is 0 Å². The SMILES string of the molecule is CC(C)c1c(Cl)ncnc1NCc1cnc[nH]1. The number of nitrogens with one attached hydrogen (secondary N) is 2. The first-order chi connectivity index (χ1) is 8.18. The van der Waals surface area contributed by atoms with Gasteiger partial charge in [-0.05, 0) is 5.92 Å². The third-order valence-electron chi connectivity index (χ3n) is 2.41. The maximum atomic E-state index is 6.07. The van der Waals surface area contributed by atoms with Gasteiger partial charge in [0.1, 0.15) is 17.3 Å². The number of nitrogens with zero attached hydrogens (tertiary/aromatic N) is 3. The second-order valence-corrected chi connectivity index (χ2v) is 4.37. The van der Waals surface area contributed by atoms with E-state index in [9.17, 15) is 0 Å². The van der Waals surface area contributed by atoms with Crippen LogP contribution in [-0.4, -0.2) is 19.9 Å². The summed E-state index contributed by atoms with van der Waals surface area (Å²) in [5.41, 5.74) is 1.93.